The van der Waals surface area contributed by atoms with Gasteiger partial charge < -0.3 is 14.8 Å². The minimum absolute atomic E-state index is 0.188. The molecule has 1 fully saturated rings. The number of rotatable bonds is 8. The monoisotopic (exact) mass is 430 g/mol. The fourth-order valence-corrected chi connectivity index (χ4v) is 3.69. The molecule has 1 heterocycles. The Morgan fingerprint density at radius 3 is 2.38 bits per heavy atom. The maximum atomic E-state index is 13.0. The van der Waals surface area contributed by atoms with Gasteiger partial charge in [-0.15, -0.1) is 0 Å². The van der Waals surface area contributed by atoms with Crippen LogP contribution in [-0.4, -0.2) is 42.7 Å². The molecule has 1 aliphatic rings. The quantitative estimate of drug-likeness (QED) is 0.523. The lowest BCUT2D eigenvalue weighted by Crippen LogP contribution is -2.39. The molecule has 1 aliphatic heterocycles. The number of carbonyl (C=O) groups excluding carboxylic acids is 2. The second-order valence-corrected chi connectivity index (χ2v) is 7.68. The zero-order valence-corrected chi connectivity index (χ0v) is 17.7. The van der Waals surface area contributed by atoms with Crippen LogP contribution in [0.15, 0.2) is 84.9 Å². The number of carbonyl (C=O) groups is 2. The van der Waals surface area contributed by atoms with Crippen LogP contribution in [-0.2, 0) is 11.2 Å². The standard InChI is InChI=1S/C26H26N2O4/c29-18-21-11-14-23(15-12-21)31-19-24-17-28(26(30)27-22-9-5-2-6-10-22)25(32-24)16-13-20-7-3-1-4-8-20/h1-12,14-15,18,24-25H,13,16-17,19H2,(H,27,30). The number of aldehydes is 1. The summed E-state index contributed by atoms with van der Waals surface area (Å²) in [5.41, 5.74) is 2.54. The van der Waals surface area contributed by atoms with Crippen LogP contribution in [0.3, 0.4) is 0 Å². The summed E-state index contributed by atoms with van der Waals surface area (Å²) in [6.45, 7) is 0.752. The zero-order valence-electron chi connectivity index (χ0n) is 17.7. The Kier molecular flexibility index (Phi) is 7.15. The first-order valence-corrected chi connectivity index (χ1v) is 10.7. The molecule has 6 nitrogen and oxygen atoms in total. The number of hydrogen-bond donors (Lipinski definition) is 1. The van der Waals surface area contributed by atoms with Crippen molar-refractivity contribution in [3.63, 3.8) is 0 Å². The van der Waals surface area contributed by atoms with Crippen LogP contribution in [0.4, 0.5) is 10.5 Å². The van der Waals surface area contributed by atoms with Gasteiger partial charge in [0.25, 0.3) is 0 Å². The van der Waals surface area contributed by atoms with Gasteiger partial charge in [-0.3, -0.25) is 9.69 Å². The summed E-state index contributed by atoms with van der Waals surface area (Å²) in [4.78, 5) is 25.5. The number of ether oxygens (including phenoxy) is 2. The first-order chi connectivity index (χ1) is 15.7. The Morgan fingerprint density at radius 1 is 1.00 bits per heavy atom. The molecule has 3 aromatic rings. The second kappa shape index (κ2) is 10.6. The van der Waals surface area contributed by atoms with Crippen LogP contribution in [0.25, 0.3) is 0 Å². The van der Waals surface area contributed by atoms with Crippen LogP contribution in [0.2, 0.25) is 0 Å². The van der Waals surface area contributed by atoms with Crippen molar-refractivity contribution in [2.24, 2.45) is 0 Å². The molecule has 6 heteroatoms. The summed E-state index contributed by atoms with van der Waals surface area (Å²) < 4.78 is 12.1. The highest BCUT2D eigenvalue weighted by molar-refractivity contribution is 5.89. The van der Waals surface area contributed by atoms with Crippen LogP contribution in [0, 0.1) is 0 Å². The molecular formula is C26H26N2O4. The van der Waals surface area contributed by atoms with Gasteiger partial charge in [0, 0.05) is 11.3 Å². The van der Waals surface area contributed by atoms with Gasteiger partial charge in [0.15, 0.2) is 0 Å². The molecule has 1 N–H and O–H groups in total. The molecule has 0 bridgehead atoms. The van der Waals surface area contributed by atoms with E-state index in [1.165, 1.54) is 5.56 Å². The fourth-order valence-electron chi connectivity index (χ4n) is 3.69. The highest BCUT2D eigenvalue weighted by atomic mass is 16.6. The Morgan fingerprint density at radius 2 is 1.69 bits per heavy atom. The average Bonchev–Trinajstić information content (AvgIpc) is 3.26. The van der Waals surface area contributed by atoms with Crippen molar-refractivity contribution in [2.45, 2.75) is 25.2 Å². The van der Waals surface area contributed by atoms with Crippen molar-refractivity contribution in [3.05, 3.63) is 96.1 Å². The van der Waals surface area contributed by atoms with Crippen molar-refractivity contribution in [2.75, 3.05) is 18.5 Å². The van der Waals surface area contributed by atoms with Crippen molar-refractivity contribution in [3.8, 4) is 5.75 Å². The molecule has 4 rings (SSSR count). The molecule has 0 spiro atoms. The van der Waals surface area contributed by atoms with Gasteiger partial charge in [-0.25, -0.2) is 4.79 Å². The predicted molar refractivity (Wildman–Crippen MR) is 123 cm³/mol. The topological polar surface area (TPSA) is 67.9 Å². The van der Waals surface area contributed by atoms with E-state index in [1.54, 1.807) is 29.2 Å². The molecule has 0 aliphatic carbocycles. The summed E-state index contributed by atoms with van der Waals surface area (Å²) >= 11 is 0. The third kappa shape index (κ3) is 5.74. The Balaban J connectivity index is 1.39. The Bertz CT molecular complexity index is 1010. The van der Waals surface area contributed by atoms with Gasteiger partial charge in [0.2, 0.25) is 0 Å². The molecule has 2 amide bonds. The van der Waals surface area contributed by atoms with Gasteiger partial charge in [-0.1, -0.05) is 48.5 Å². The average molecular weight is 431 g/mol. The van der Waals surface area contributed by atoms with E-state index in [0.717, 1.165) is 18.4 Å². The lowest BCUT2D eigenvalue weighted by Gasteiger charge is -2.23. The van der Waals surface area contributed by atoms with E-state index in [2.05, 4.69) is 17.4 Å². The van der Waals surface area contributed by atoms with E-state index >= 15 is 0 Å². The first kappa shape index (κ1) is 21.6. The molecule has 0 aromatic heterocycles. The molecule has 0 radical (unpaired) electrons. The maximum absolute atomic E-state index is 13.0. The van der Waals surface area contributed by atoms with Crippen LogP contribution >= 0.6 is 0 Å². The Hall–Kier alpha value is -3.64. The molecule has 0 saturated carbocycles. The predicted octanol–water partition coefficient (Wildman–Crippen LogP) is 4.77. The third-order valence-corrected chi connectivity index (χ3v) is 5.36. The Labute approximate surface area is 187 Å². The highest BCUT2D eigenvalue weighted by Crippen LogP contribution is 2.23. The number of aryl methyl sites for hydroxylation is 1. The number of hydrogen-bond acceptors (Lipinski definition) is 4. The lowest BCUT2D eigenvalue weighted by molar-refractivity contribution is -0.00776. The molecule has 1 saturated heterocycles. The first-order valence-electron chi connectivity index (χ1n) is 10.7. The highest BCUT2D eigenvalue weighted by Gasteiger charge is 2.36. The van der Waals surface area contributed by atoms with Crippen molar-refractivity contribution in [1.29, 1.82) is 0 Å². The minimum atomic E-state index is -0.343. The minimum Gasteiger partial charge on any atom is -0.491 e. The second-order valence-electron chi connectivity index (χ2n) is 7.68. The van der Waals surface area contributed by atoms with E-state index in [0.29, 0.717) is 30.9 Å². The third-order valence-electron chi connectivity index (χ3n) is 5.36. The van der Waals surface area contributed by atoms with Crippen LogP contribution < -0.4 is 10.1 Å². The maximum Gasteiger partial charge on any atom is 0.323 e. The molecule has 3 aromatic carbocycles. The van der Waals surface area contributed by atoms with E-state index in [4.69, 9.17) is 9.47 Å². The van der Waals surface area contributed by atoms with E-state index in [9.17, 15) is 9.59 Å². The summed E-state index contributed by atoms with van der Waals surface area (Å²) in [7, 11) is 0. The molecule has 164 valence electrons. The van der Waals surface area contributed by atoms with Crippen molar-refractivity contribution >= 4 is 18.0 Å². The van der Waals surface area contributed by atoms with Crippen LogP contribution in [0.1, 0.15) is 22.3 Å². The summed E-state index contributed by atoms with van der Waals surface area (Å²) in [6.07, 6.45) is 1.70. The van der Waals surface area contributed by atoms with Gasteiger partial charge in [-0.2, -0.15) is 0 Å². The zero-order chi connectivity index (χ0) is 22.2. The normalized spacial score (nSPS) is 17.7. The van der Waals surface area contributed by atoms with Gasteiger partial charge in [-0.05, 0) is 54.8 Å². The van der Waals surface area contributed by atoms with E-state index < -0.39 is 0 Å². The lowest BCUT2D eigenvalue weighted by atomic mass is 10.1. The molecule has 2 unspecified atom stereocenters. The molecular weight excluding hydrogens is 404 g/mol. The SMILES string of the molecule is O=Cc1ccc(OCC2CN(C(=O)Nc3ccccc3)C(CCc3ccccc3)O2)cc1. The smallest absolute Gasteiger partial charge is 0.323 e. The summed E-state index contributed by atoms with van der Waals surface area (Å²) in [6, 6.07) is 26.3. The van der Waals surface area contributed by atoms with Crippen molar-refractivity contribution < 1.29 is 19.1 Å². The largest absolute Gasteiger partial charge is 0.491 e. The number of para-hydroxylation sites is 1. The summed E-state index contributed by atoms with van der Waals surface area (Å²) in [5, 5.41) is 2.95. The van der Waals surface area contributed by atoms with Gasteiger partial charge >= 0.3 is 6.03 Å². The van der Waals surface area contributed by atoms with Crippen molar-refractivity contribution in [1.82, 2.24) is 4.90 Å². The number of nitrogens with zero attached hydrogens (tertiary/aromatic N) is 1. The van der Waals surface area contributed by atoms with E-state index in [1.807, 2.05) is 48.5 Å². The fraction of sp³-hybridized carbons (Fsp3) is 0.231. The van der Waals surface area contributed by atoms with Gasteiger partial charge in [0.05, 0.1) is 6.54 Å². The van der Waals surface area contributed by atoms with E-state index in [-0.39, 0.29) is 18.4 Å². The number of nitrogens with one attached hydrogen (secondary N) is 1. The summed E-state index contributed by atoms with van der Waals surface area (Å²) in [5.74, 6) is 0.659. The van der Waals surface area contributed by atoms with Gasteiger partial charge in [0.1, 0.15) is 31.0 Å². The van der Waals surface area contributed by atoms with Crippen LogP contribution in [0.5, 0.6) is 5.75 Å². The number of urea groups is 1. The number of benzene rings is 3. The molecule has 32 heavy (non-hydrogen) atoms. The molecule has 2 atom stereocenters. The number of amides is 2. The number of anilines is 1.